The highest BCUT2D eigenvalue weighted by Crippen LogP contribution is 2.51. The molecule has 2 aromatic carbocycles. The van der Waals surface area contributed by atoms with Gasteiger partial charge in [0.15, 0.2) is 0 Å². The Hall–Kier alpha value is -1.26. The third kappa shape index (κ3) is 2.51. The zero-order chi connectivity index (χ0) is 16.7. The Morgan fingerprint density at radius 3 is 2.42 bits per heavy atom. The predicted molar refractivity (Wildman–Crippen MR) is 103 cm³/mol. The van der Waals surface area contributed by atoms with Crippen LogP contribution in [0.4, 0.5) is 0 Å². The number of thioether (sulfide) groups is 1. The monoisotopic (exact) mass is 356 g/mol. The first kappa shape index (κ1) is 16.2. The zero-order valence-electron chi connectivity index (χ0n) is 14.0. The zero-order valence-corrected chi connectivity index (χ0v) is 15.6. The largest absolute Gasteiger partial charge is 0.281 e. The summed E-state index contributed by atoms with van der Waals surface area (Å²) in [5.41, 5.74) is 2.34. The number of hydrogen-bond acceptors (Lipinski definition) is 3. The number of benzene rings is 2. The molecule has 0 bridgehead atoms. The lowest BCUT2D eigenvalue weighted by atomic mass is 9.91. The van der Waals surface area contributed by atoms with Crippen molar-refractivity contribution in [3.63, 3.8) is 0 Å². The van der Waals surface area contributed by atoms with E-state index in [0.29, 0.717) is 0 Å². The van der Waals surface area contributed by atoms with Crippen molar-refractivity contribution in [3.8, 4) is 0 Å². The number of halogens is 1. The van der Waals surface area contributed by atoms with E-state index in [2.05, 4.69) is 72.4 Å². The normalized spacial score (nSPS) is 20.7. The average molecular weight is 357 g/mol. The second-order valence-electron chi connectivity index (χ2n) is 6.54. The minimum absolute atomic E-state index is 0.227. The number of nitrogens with zero attached hydrogens (tertiary/aromatic N) is 2. The van der Waals surface area contributed by atoms with Gasteiger partial charge in [0.25, 0.3) is 0 Å². The van der Waals surface area contributed by atoms with Crippen LogP contribution < -0.4 is 0 Å². The summed E-state index contributed by atoms with van der Waals surface area (Å²) >= 11 is 8.20. The van der Waals surface area contributed by atoms with Crippen molar-refractivity contribution in [2.75, 3.05) is 27.2 Å². The van der Waals surface area contributed by atoms with Gasteiger partial charge < -0.3 is 0 Å². The number of fused-ring (bicyclic) bond motifs is 2. The van der Waals surface area contributed by atoms with E-state index in [9.17, 15) is 0 Å². The fourth-order valence-electron chi connectivity index (χ4n) is 3.84. The molecule has 0 atom stereocenters. The lowest BCUT2D eigenvalue weighted by molar-refractivity contribution is -0.0289. The molecule has 0 N–H and O–H groups in total. The molecule has 2 aliphatic rings. The SMILES string of the molecule is CN1CCCN(C)C12C=C(c1ccccc1)Sc1ccc(Cl)cc12. The molecule has 4 rings (SSSR count). The molecule has 1 fully saturated rings. The quantitative estimate of drug-likeness (QED) is 0.717. The lowest BCUT2D eigenvalue weighted by Gasteiger charge is -2.52. The van der Waals surface area contributed by atoms with Crippen LogP contribution in [0.25, 0.3) is 4.91 Å². The minimum atomic E-state index is -0.227. The van der Waals surface area contributed by atoms with Crippen LogP contribution in [0.1, 0.15) is 17.5 Å². The first-order chi connectivity index (χ1) is 11.6. The Morgan fingerprint density at radius 2 is 1.71 bits per heavy atom. The first-order valence-electron chi connectivity index (χ1n) is 8.30. The summed E-state index contributed by atoms with van der Waals surface area (Å²) in [7, 11) is 4.44. The van der Waals surface area contributed by atoms with Gasteiger partial charge in [-0.15, -0.1) is 0 Å². The molecule has 2 aliphatic heterocycles. The highest BCUT2D eigenvalue weighted by molar-refractivity contribution is 8.08. The van der Waals surface area contributed by atoms with Crippen molar-refractivity contribution in [1.29, 1.82) is 0 Å². The Balaban J connectivity index is 1.94. The molecule has 2 heterocycles. The van der Waals surface area contributed by atoms with Gasteiger partial charge in [0.2, 0.25) is 0 Å². The molecular formula is C20H21ClN2S. The molecule has 0 saturated carbocycles. The Labute approximate surface area is 153 Å². The topological polar surface area (TPSA) is 6.48 Å². The first-order valence-corrected chi connectivity index (χ1v) is 9.49. The molecule has 4 heteroatoms. The second-order valence-corrected chi connectivity index (χ2v) is 8.06. The fourth-order valence-corrected chi connectivity index (χ4v) is 5.18. The van der Waals surface area contributed by atoms with Gasteiger partial charge in [-0.05, 0) is 50.4 Å². The van der Waals surface area contributed by atoms with Crippen LogP contribution in [-0.4, -0.2) is 37.0 Å². The van der Waals surface area contributed by atoms with Crippen molar-refractivity contribution in [2.45, 2.75) is 17.0 Å². The Kier molecular flexibility index (Phi) is 4.21. The van der Waals surface area contributed by atoms with Crippen LogP contribution in [0.5, 0.6) is 0 Å². The maximum Gasteiger partial charge on any atom is 0.121 e. The third-order valence-corrected chi connectivity index (χ3v) is 6.48. The summed E-state index contributed by atoms with van der Waals surface area (Å²) in [6.07, 6.45) is 3.61. The molecule has 1 spiro atoms. The molecule has 1 saturated heterocycles. The van der Waals surface area contributed by atoms with Gasteiger partial charge in [-0.2, -0.15) is 0 Å². The van der Waals surface area contributed by atoms with Crippen LogP contribution in [0.3, 0.4) is 0 Å². The summed E-state index contributed by atoms with van der Waals surface area (Å²) in [6, 6.07) is 17.0. The van der Waals surface area contributed by atoms with Crippen molar-refractivity contribution in [2.24, 2.45) is 0 Å². The van der Waals surface area contributed by atoms with E-state index >= 15 is 0 Å². The molecule has 0 amide bonds. The number of rotatable bonds is 1. The van der Waals surface area contributed by atoms with E-state index in [1.165, 1.54) is 27.3 Å². The molecule has 24 heavy (non-hydrogen) atoms. The molecule has 2 aromatic rings. The fraction of sp³-hybridized carbons (Fsp3) is 0.300. The highest BCUT2D eigenvalue weighted by Gasteiger charge is 2.45. The van der Waals surface area contributed by atoms with Crippen LogP contribution >= 0.6 is 23.4 Å². The van der Waals surface area contributed by atoms with Crippen LogP contribution in [0.2, 0.25) is 5.02 Å². The molecule has 0 unspecified atom stereocenters. The third-order valence-electron chi connectivity index (χ3n) is 5.10. The smallest absolute Gasteiger partial charge is 0.121 e. The summed E-state index contributed by atoms with van der Waals surface area (Å²) in [5, 5.41) is 0.803. The van der Waals surface area contributed by atoms with Gasteiger partial charge in [-0.25, -0.2) is 0 Å². The van der Waals surface area contributed by atoms with Crippen LogP contribution in [0.15, 0.2) is 59.5 Å². The second kappa shape index (κ2) is 6.23. The van der Waals surface area contributed by atoms with Gasteiger partial charge in [0, 0.05) is 33.5 Å². The number of likely N-dealkylation sites (N-methyl/N-ethyl adjacent to an activating group) is 2. The van der Waals surface area contributed by atoms with E-state index in [1.54, 1.807) is 0 Å². The highest BCUT2D eigenvalue weighted by atomic mass is 35.5. The summed E-state index contributed by atoms with van der Waals surface area (Å²) in [6.45, 7) is 2.17. The number of hydrogen-bond donors (Lipinski definition) is 0. The van der Waals surface area contributed by atoms with Crippen LogP contribution in [-0.2, 0) is 5.66 Å². The Bertz CT molecular complexity index is 777. The van der Waals surface area contributed by atoms with Gasteiger partial charge >= 0.3 is 0 Å². The maximum atomic E-state index is 6.36. The molecule has 0 aromatic heterocycles. The van der Waals surface area contributed by atoms with Crippen molar-refractivity contribution >= 4 is 28.3 Å². The predicted octanol–water partition coefficient (Wildman–Crippen LogP) is 4.91. The maximum absolute atomic E-state index is 6.36. The Morgan fingerprint density at radius 1 is 1.00 bits per heavy atom. The van der Waals surface area contributed by atoms with Gasteiger partial charge in [0.05, 0.1) is 0 Å². The van der Waals surface area contributed by atoms with E-state index < -0.39 is 0 Å². The van der Waals surface area contributed by atoms with E-state index in [0.717, 1.165) is 18.1 Å². The molecule has 0 aliphatic carbocycles. The molecule has 0 radical (unpaired) electrons. The van der Waals surface area contributed by atoms with Crippen molar-refractivity contribution in [1.82, 2.24) is 9.80 Å². The van der Waals surface area contributed by atoms with E-state index in [1.807, 2.05) is 17.8 Å². The van der Waals surface area contributed by atoms with Crippen LogP contribution in [0, 0.1) is 0 Å². The summed E-state index contributed by atoms with van der Waals surface area (Å²) in [5.74, 6) is 0. The summed E-state index contributed by atoms with van der Waals surface area (Å²) in [4.78, 5) is 7.51. The van der Waals surface area contributed by atoms with Crippen molar-refractivity contribution < 1.29 is 0 Å². The molecule has 2 nitrogen and oxygen atoms in total. The molecule has 124 valence electrons. The average Bonchev–Trinajstić information content (AvgIpc) is 2.60. The molecular weight excluding hydrogens is 336 g/mol. The van der Waals surface area contributed by atoms with Gasteiger partial charge in [-0.1, -0.05) is 53.7 Å². The lowest BCUT2D eigenvalue weighted by Crippen LogP contribution is -2.59. The van der Waals surface area contributed by atoms with Crippen molar-refractivity contribution in [3.05, 3.63) is 70.8 Å². The summed E-state index contributed by atoms with van der Waals surface area (Å²) < 4.78 is 0. The van der Waals surface area contributed by atoms with E-state index in [4.69, 9.17) is 11.6 Å². The van der Waals surface area contributed by atoms with E-state index in [-0.39, 0.29) is 5.66 Å². The van der Waals surface area contributed by atoms with Gasteiger partial charge in [-0.3, -0.25) is 9.80 Å². The van der Waals surface area contributed by atoms with Gasteiger partial charge in [0.1, 0.15) is 5.66 Å². The standard InChI is InChI=1S/C20H21ClN2S/c1-22-11-6-12-23(2)20(22)14-19(15-7-4-3-5-8-15)24-18-10-9-16(21)13-17(18)20/h3-5,7-10,13-14H,6,11-12H2,1-2H3. The minimum Gasteiger partial charge on any atom is -0.281 e.